The number of rotatable bonds is 5. The van der Waals surface area contributed by atoms with E-state index >= 15 is 0 Å². The molecule has 196 valence electrons. The second kappa shape index (κ2) is 10.9. The quantitative estimate of drug-likeness (QED) is 0.310. The van der Waals surface area contributed by atoms with Crippen molar-refractivity contribution in [2.45, 2.75) is 26.3 Å². The molecule has 0 aliphatic carbocycles. The molecule has 1 amide bonds. The number of benzene rings is 3. The topological polar surface area (TPSA) is 44.6 Å². The second-order valence-corrected chi connectivity index (χ2v) is 11.5. The zero-order valence-corrected chi connectivity index (χ0v) is 23.5. The van der Waals surface area contributed by atoms with Crippen LogP contribution < -0.4 is 4.90 Å². The number of piperazine rings is 1. The predicted octanol–water partition coefficient (Wildman–Crippen LogP) is 5.66. The van der Waals surface area contributed by atoms with E-state index in [9.17, 15) is 4.79 Å². The molecule has 2 aliphatic rings. The SMILES string of the molecule is Cc1ccc(N2CCN(C(=O)[C@@H]3CCCN(Cc4nc5ccccc5n4-c4cccc(Br)c4)C3)CC2)cc1. The van der Waals surface area contributed by atoms with Crippen molar-refractivity contribution in [3.8, 4) is 5.69 Å². The molecule has 1 atom stereocenters. The lowest BCUT2D eigenvalue weighted by molar-refractivity contribution is -0.137. The van der Waals surface area contributed by atoms with Crippen molar-refractivity contribution in [3.63, 3.8) is 0 Å². The standard InChI is InChI=1S/C31H34BrN5O/c1-23-11-13-26(14-12-23)35-16-18-36(19-17-35)31(38)24-6-5-15-34(21-24)22-30-33-28-9-2-3-10-29(28)37(30)27-8-4-7-25(32)20-27/h2-4,7-14,20,24H,5-6,15-19,21-22H2,1H3/t24-/m1/s1. The number of fused-ring (bicyclic) bond motifs is 1. The van der Waals surface area contributed by atoms with E-state index in [1.807, 2.05) is 12.1 Å². The second-order valence-electron chi connectivity index (χ2n) is 10.6. The Kier molecular flexibility index (Phi) is 7.22. The minimum absolute atomic E-state index is 0.0540. The number of aryl methyl sites for hydroxylation is 1. The number of hydrogen-bond donors (Lipinski definition) is 0. The summed E-state index contributed by atoms with van der Waals surface area (Å²) in [6, 6.07) is 25.4. The summed E-state index contributed by atoms with van der Waals surface area (Å²) in [5, 5.41) is 0. The minimum Gasteiger partial charge on any atom is -0.368 e. The molecule has 3 aromatic carbocycles. The van der Waals surface area contributed by atoms with Crippen LogP contribution in [0, 0.1) is 12.8 Å². The van der Waals surface area contributed by atoms with Crippen LogP contribution in [0.3, 0.4) is 0 Å². The van der Waals surface area contributed by atoms with Crippen LogP contribution in [0.4, 0.5) is 5.69 Å². The van der Waals surface area contributed by atoms with Gasteiger partial charge in [0.1, 0.15) is 5.82 Å². The van der Waals surface area contributed by atoms with E-state index in [0.717, 1.165) is 85.7 Å². The van der Waals surface area contributed by atoms with Crippen LogP contribution in [0.5, 0.6) is 0 Å². The Bertz CT molecular complexity index is 1420. The third kappa shape index (κ3) is 5.22. The molecule has 0 N–H and O–H groups in total. The van der Waals surface area contributed by atoms with Gasteiger partial charge in [0.25, 0.3) is 0 Å². The first kappa shape index (κ1) is 25.1. The maximum absolute atomic E-state index is 13.6. The van der Waals surface area contributed by atoms with Crippen molar-refractivity contribution in [3.05, 3.63) is 88.7 Å². The number of aromatic nitrogens is 2. The summed E-state index contributed by atoms with van der Waals surface area (Å²) in [6.45, 7) is 8.00. The molecule has 0 unspecified atom stereocenters. The molecule has 6 nitrogen and oxygen atoms in total. The number of halogens is 1. The Morgan fingerprint density at radius 2 is 1.71 bits per heavy atom. The highest BCUT2D eigenvalue weighted by molar-refractivity contribution is 9.10. The van der Waals surface area contributed by atoms with Crippen molar-refractivity contribution in [1.82, 2.24) is 19.4 Å². The van der Waals surface area contributed by atoms with Crippen LogP contribution in [0.1, 0.15) is 24.2 Å². The Hall–Kier alpha value is -3.16. The lowest BCUT2D eigenvalue weighted by Crippen LogP contribution is -2.52. The summed E-state index contributed by atoms with van der Waals surface area (Å²) >= 11 is 3.63. The lowest BCUT2D eigenvalue weighted by Gasteiger charge is -2.39. The van der Waals surface area contributed by atoms with Gasteiger partial charge in [-0.05, 0) is 68.8 Å². The van der Waals surface area contributed by atoms with Gasteiger partial charge in [-0.1, -0.05) is 51.8 Å². The number of para-hydroxylation sites is 2. The molecular weight excluding hydrogens is 538 g/mol. The monoisotopic (exact) mass is 571 g/mol. The molecule has 6 rings (SSSR count). The van der Waals surface area contributed by atoms with E-state index < -0.39 is 0 Å². The number of amides is 1. The zero-order chi connectivity index (χ0) is 26.1. The normalized spacial score (nSPS) is 18.7. The average molecular weight is 573 g/mol. The molecule has 4 aromatic rings. The summed E-state index contributed by atoms with van der Waals surface area (Å²) in [5.41, 5.74) is 5.73. The van der Waals surface area contributed by atoms with Crippen LogP contribution in [0.2, 0.25) is 0 Å². The Morgan fingerprint density at radius 3 is 2.50 bits per heavy atom. The smallest absolute Gasteiger partial charge is 0.227 e. The van der Waals surface area contributed by atoms with Crippen molar-refractivity contribution >= 4 is 38.6 Å². The van der Waals surface area contributed by atoms with Gasteiger partial charge >= 0.3 is 0 Å². The number of imidazole rings is 1. The number of carbonyl (C=O) groups excluding carboxylic acids is 1. The van der Waals surface area contributed by atoms with Crippen LogP contribution in [-0.4, -0.2) is 64.5 Å². The van der Waals surface area contributed by atoms with E-state index in [-0.39, 0.29) is 5.92 Å². The van der Waals surface area contributed by atoms with E-state index in [2.05, 4.69) is 103 Å². The number of hydrogen-bond acceptors (Lipinski definition) is 4. The summed E-state index contributed by atoms with van der Waals surface area (Å²) in [5.74, 6) is 1.39. The largest absolute Gasteiger partial charge is 0.368 e. The highest BCUT2D eigenvalue weighted by Gasteiger charge is 2.31. The maximum atomic E-state index is 13.6. The summed E-state index contributed by atoms with van der Waals surface area (Å²) < 4.78 is 3.31. The molecule has 0 spiro atoms. The molecular formula is C31H34BrN5O. The van der Waals surface area contributed by atoms with Gasteiger partial charge in [-0.2, -0.15) is 0 Å². The van der Waals surface area contributed by atoms with Crippen molar-refractivity contribution in [2.75, 3.05) is 44.2 Å². The van der Waals surface area contributed by atoms with Crippen LogP contribution in [-0.2, 0) is 11.3 Å². The number of anilines is 1. The first-order valence-electron chi connectivity index (χ1n) is 13.6. The molecule has 2 aliphatic heterocycles. The Balaban J connectivity index is 1.14. The van der Waals surface area contributed by atoms with Gasteiger partial charge < -0.3 is 9.80 Å². The summed E-state index contributed by atoms with van der Waals surface area (Å²) in [7, 11) is 0. The number of piperidine rings is 1. The van der Waals surface area contributed by atoms with Gasteiger partial charge in [0.15, 0.2) is 0 Å². The van der Waals surface area contributed by atoms with Gasteiger partial charge in [0.05, 0.1) is 23.5 Å². The fourth-order valence-corrected chi connectivity index (χ4v) is 6.27. The zero-order valence-electron chi connectivity index (χ0n) is 21.9. The van der Waals surface area contributed by atoms with Crippen molar-refractivity contribution in [1.29, 1.82) is 0 Å². The third-order valence-electron chi connectivity index (χ3n) is 7.91. The molecule has 7 heteroatoms. The highest BCUT2D eigenvalue weighted by Crippen LogP contribution is 2.27. The van der Waals surface area contributed by atoms with E-state index in [1.54, 1.807) is 0 Å². The Labute approximate surface area is 233 Å². The first-order valence-corrected chi connectivity index (χ1v) is 14.4. The third-order valence-corrected chi connectivity index (χ3v) is 8.40. The average Bonchev–Trinajstić information content (AvgIpc) is 3.31. The molecule has 1 aromatic heterocycles. The summed E-state index contributed by atoms with van der Waals surface area (Å²) in [6.07, 6.45) is 2.01. The molecule has 0 saturated carbocycles. The van der Waals surface area contributed by atoms with E-state index in [1.165, 1.54) is 11.3 Å². The lowest BCUT2D eigenvalue weighted by atomic mass is 9.96. The number of carbonyl (C=O) groups is 1. The summed E-state index contributed by atoms with van der Waals surface area (Å²) in [4.78, 5) is 25.5. The molecule has 0 bridgehead atoms. The van der Waals surface area contributed by atoms with Gasteiger partial charge in [0.2, 0.25) is 5.91 Å². The van der Waals surface area contributed by atoms with Crippen molar-refractivity contribution < 1.29 is 4.79 Å². The van der Waals surface area contributed by atoms with Crippen molar-refractivity contribution in [2.24, 2.45) is 5.92 Å². The number of likely N-dealkylation sites (tertiary alicyclic amines) is 1. The van der Waals surface area contributed by atoms with E-state index in [0.29, 0.717) is 5.91 Å². The van der Waals surface area contributed by atoms with Crippen LogP contribution in [0.15, 0.2) is 77.3 Å². The molecule has 0 radical (unpaired) electrons. The highest BCUT2D eigenvalue weighted by atomic mass is 79.9. The maximum Gasteiger partial charge on any atom is 0.227 e. The number of nitrogens with zero attached hydrogens (tertiary/aromatic N) is 5. The molecule has 3 heterocycles. The van der Waals surface area contributed by atoms with Gasteiger partial charge in [-0.25, -0.2) is 4.98 Å². The van der Waals surface area contributed by atoms with Crippen LogP contribution >= 0.6 is 15.9 Å². The van der Waals surface area contributed by atoms with Gasteiger partial charge in [0, 0.05) is 48.6 Å². The molecule has 2 fully saturated rings. The first-order chi connectivity index (χ1) is 18.5. The Morgan fingerprint density at radius 1 is 0.921 bits per heavy atom. The van der Waals surface area contributed by atoms with Crippen LogP contribution in [0.25, 0.3) is 16.7 Å². The van der Waals surface area contributed by atoms with Gasteiger partial charge in [-0.15, -0.1) is 0 Å². The fourth-order valence-electron chi connectivity index (χ4n) is 5.88. The van der Waals surface area contributed by atoms with E-state index in [4.69, 9.17) is 4.98 Å². The predicted molar refractivity (Wildman–Crippen MR) is 157 cm³/mol. The fraction of sp³-hybridized carbons (Fsp3) is 0.355. The van der Waals surface area contributed by atoms with Gasteiger partial charge in [-0.3, -0.25) is 14.3 Å². The molecule has 2 saturated heterocycles. The molecule has 38 heavy (non-hydrogen) atoms. The minimum atomic E-state index is 0.0540.